The summed E-state index contributed by atoms with van der Waals surface area (Å²) < 4.78 is 8.99. The molecule has 0 aliphatic carbocycles. The summed E-state index contributed by atoms with van der Waals surface area (Å²) in [4.78, 5) is 12.3. The topological polar surface area (TPSA) is 86.9 Å². The van der Waals surface area contributed by atoms with Crippen molar-refractivity contribution < 1.29 is 9.53 Å². The Morgan fingerprint density at radius 3 is 2.69 bits per heavy atom. The van der Waals surface area contributed by atoms with Gasteiger partial charge in [0.1, 0.15) is 11.4 Å². The van der Waals surface area contributed by atoms with E-state index in [2.05, 4.69) is 20.6 Å². The van der Waals surface area contributed by atoms with E-state index in [1.54, 1.807) is 11.8 Å². The molecule has 4 aromatic rings. The van der Waals surface area contributed by atoms with Crippen LogP contribution in [0.1, 0.15) is 5.56 Å². The number of thioether (sulfide) groups is 1. The average molecular weight is 449 g/mol. The number of rotatable bonds is 8. The second-order valence-electron chi connectivity index (χ2n) is 7.21. The first-order valence-electron chi connectivity index (χ1n) is 10.1. The minimum Gasteiger partial charge on any atom is -0.497 e. The number of ether oxygens (including phenoxy) is 1. The summed E-state index contributed by atoms with van der Waals surface area (Å²) in [5.41, 5.74) is 3.64. The Morgan fingerprint density at radius 1 is 1.09 bits per heavy atom. The second kappa shape index (κ2) is 9.69. The molecular weight excluding hydrogens is 424 g/mol. The van der Waals surface area contributed by atoms with Crippen LogP contribution in [0.15, 0.2) is 66.0 Å². The number of hydrogen-bond donors (Lipinski definition) is 1. The molecule has 1 amide bonds. The Bertz CT molecular complexity index is 1220. The number of hydrogen-bond acceptors (Lipinski definition) is 6. The molecule has 0 fully saturated rings. The van der Waals surface area contributed by atoms with E-state index in [4.69, 9.17) is 4.74 Å². The first-order chi connectivity index (χ1) is 15.5. The van der Waals surface area contributed by atoms with Crippen LogP contribution in [0.5, 0.6) is 5.75 Å². The van der Waals surface area contributed by atoms with E-state index >= 15 is 0 Å². The lowest BCUT2D eigenvalue weighted by Gasteiger charge is -2.06. The minimum absolute atomic E-state index is 0.0538. The number of carbonyl (C=O) groups excluding carboxylic acids is 1. The zero-order chi connectivity index (χ0) is 22.5. The molecule has 32 heavy (non-hydrogen) atoms. The average Bonchev–Trinajstić information content (AvgIpc) is 3.38. The molecule has 0 aliphatic heterocycles. The van der Waals surface area contributed by atoms with Gasteiger partial charge in [0.05, 0.1) is 18.4 Å². The van der Waals surface area contributed by atoms with E-state index in [9.17, 15) is 4.79 Å². The molecule has 0 aliphatic rings. The van der Waals surface area contributed by atoms with Crippen molar-refractivity contribution in [1.29, 1.82) is 0 Å². The van der Waals surface area contributed by atoms with Crippen molar-refractivity contribution in [2.45, 2.75) is 11.7 Å². The summed E-state index contributed by atoms with van der Waals surface area (Å²) in [6.45, 7) is 0.504. The van der Waals surface area contributed by atoms with Gasteiger partial charge < -0.3 is 14.6 Å². The lowest BCUT2D eigenvalue weighted by molar-refractivity contribution is -0.118. The third-order valence-electron chi connectivity index (χ3n) is 4.91. The molecule has 2 heterocycles. The van der Waals surface area contributed by atoms with Crippen molar-refractivity contribution in [2.75, 3.05) is 12.9 Å². The number of aromatic nitrogens is 5. The van der Waals surface area contributed by atoms with E-state index in [0.717, 1.165) is 28.1 Å². The maximum Gasteiger partial charge on any atom is 0.230 e. The van der Waals surface area contributed by atoms with Crippen molar-refractivity contribution in [3.63, 3.8) is 0 Å². The SMILES string of the molecule is COc1cccc(-c2nn(C)cc2-c2nnc(SCC(=O)NCc3ccccc3)n2C)c1. The fourth-order valence-electron chi connectivity index (χ4n) is 3.29. The smallest absolute Gasteiger partial charge is 0.230 e. The standard InChI is InChI=1S/C23H24N6O2S/c1-28-14-19(21(27-28)17-10-7-11-18(12-17)31-3)22-25-26-23(29(22)2)32-15-20(30)24-13-16-8-5-4-6-9-16/h4-12,14H,13,15H2,1-3H3,(H,24,30). The molecule has 0 saturated heterocycles. The van der Waals surface area contributed by atoms with Crippen LogP contribution in [0.2, 0.25) is 0 Å². The maximum atomic E-state index is 12.3. The summed E-state index contributed by atoms with van der Waals surface area (Å²) >= 11 is 1.35. The van der Waals surface area contributed by atoms with Crippen molar-refractivity contribution in [1.82, 2.24) is 29.9 Å². The van der Waals surface area contributed by atoms with Crippen molar-refractivity contribution >= 4 is 17.7 Å². The van der Waals surface area contributed by atoms with Gasteiger partial charge in [-0.1, -0.05) is 54.2 Å². The van der Waals surface area contributed by atoms with Crippen molar-refractivity contribution in [3.8, 4) is 28.4 Å². The molecule has 0 spiro atoms. The molecule has 0 unspecified atom stereocenters. The summed E-state index contributed by atoms with van der Waals surface area (Å²) in [7, 11) is 5.40. The van der Waals surface area contributed by atoms with E-state index < -0.39 is 0 Å². The largest absolute Gasteiger partial charge is 0.497 e. The Balaban J connectivity index is 1.48. The fourth-order valence-corrected chi connectivity index (χ4v) is 4.03. The number of methoxy groups -OCH3 is 1. The number of amides is 1. The molecule has 8 nitrogen and oxygen atoms in total. The third-order valence-corrected chi connectivity index (χ3v) is 5.93. The summed E-state index contributed by atoms with van der Waals surface area (Å²) in [6, 6.07) is 17.6. The van der Waals surface area contributed by atoms with Crippen molar-refractivity contribution in [2.24, 2.45) is 14.1 Å². The summed E-state index contributed by atoms with van der Waals surface area (Å²) in [5, 5.41) is 16.9. The van der Waals surface area contributed by atoms with Crippen LogP contribution in [0.4, 0.5) is 0 Å². The second-order valence-corrected chi connectivity index (χ2v) is 8.16. The van der Waals surface area contributed by atoms with Crippen LogP contribution >= 0.6 is 11.8 Å². The monoisotopic (exact) mass is 448 g/mol. The van der Waals surface area contributed by atoms with Gasteiger partial charge in [-0.05, 0) is 17.7 Å². The van der Waals surface area contributed by atoms with Gasteiger partial charge in [0, 0.05) is 32.4 Å². The molecular formula is C23H24N6O2S. The first kappa shape index (κ1) is 21.6. The molecule has 2 aromatic heterocycles. The lowest BCUT2D eigenvalue weighted by Crippen LogP contribution is -2.24. The number of carbonyl (C=O) groups is 1. The van der Waals surface area contributed by atoms with Crippen LogP contribution in [-0.2, 0) is 25.4 Å². The Hall–Kier alpha value is -3.59. The highest BCUT2D eigenvalue weighted by Crippen LogP contribution is 2.32. The molecule has 1 N–H and O–H groups in total. The molecule has 2 aromatic carbocycles. The highest BCUT2D eigenvalue weighted by Gasteiger charge is 2.19. The van der Waals surface area contributed by atoms with E-state index in [0.29, 0.717) is 17.5 Å². The quantitative estimate of drug-likeness (QED) is 0.416. The van der Waals surface area contributed by atoms with Gasteiger partial charge in [0.25, 0.3) is 0 Å². The van der Waals surface area contributed by atoms with Crippen molar-refractivity contribution in [3.05, 3.63) is 66.4 Å². The highest BCUT2D eigenvalue weighted by atomic mass is 32.2. The Kier molecular flexibility index (Phi) is 6.55. The van der Waals surface area contributed by atoms with E-state index in [1.165, 1.54) is 11.8 Å². The zero-order valence-electron chi connectivity index (χ0n) is 18.1. The number of aryl methyl sites for hydroxylation is 1. The Labute approximate surface area is 190 Å². The fraction of sp³-hybridized carbons (Fsp3) is 0.217. The normalized spacial score (nSPS) is 10.8. The maximum absolute atomic E-state index is 12.3. The highest BCUT2D eigenvalue weighted by molar-refractivity contribution is 7.99. The van der Waals surface area contributed by atoms with Crippen LogP contribution in [0.25, 0.3) is 22.6 Å². The number of nitrogens with one attached hydrogen (secondary N) is 1. The summed E-state index contributed by atoms with van der Waals surface area (Å²) in [5.74, 6) is 1.65. The van der Waals surface area contributed by atoms with E-state index in [-0.39, 0.29) is 11.7 Å². The molecule has 9 heteroatoms. The predicted molar refractivity (Wildman–Crippen MR) is 124 cm³/mol. The molecule has 0 atom stereocenters. The van der Waals surface area contributed by atoms with Gasteiger partial charge in [-0.25, -0.2) is 0 Å². The van der Waals surface area contributed by atoms with Gasteiger partial charge >= 0.3 is 0 Å². The Morgan fingerprint density at radius 2 is 1.91 bits per heavy atom. The molecule has 0 radical (unpaired) electrons. The van der Waals surface area contributed by atoms with E-state index in [1.807, 2.05) is 79.5 Å². The van der Waals surface area contributed by atoms with Crippen LogP contribution < -0.4 is 10.1 Å². The zero-order valence-corrected chi connectivity index (χ0v) is 19.0. The minimum atomic E-state index is -0.0538. The van der Waals surface area contributed by atoms with Gasteiger partial charge in [0.15, 0.2) is 11.0 Å². The van der Waals surface area contributed by atoms with Gasteiger partial charge in [-0.3, -0.25) is 9.48 Å². The molecule has 164 valence electrons. The number of benzene rings is 2. The van der Waals surface area contributed by atoms with Gasteiger partial charge in [0.2, 0.25) is 5.91 Å². The third kappa shape index (κ3) is 4.83. The summed E-state index contributed by atoms with van der Waals surface area (Å²) in [6.07, 6.45) is 1.92. The molecule has 0 bridgehead atoms. The van der Waals surface area contributed by atoms with Crippen LogP contribution in [0, 0.1) is 0 Å². The molecule has 4 rings (SSSR count). The number of nitrogens with zero attached hydrogens (tertiary/aromatic N) is 5. The molecule has 0 saturated carbocycles. The van der Waals surface area contributed by atoms with Crippen LogP contribution in [0.3, 0.4) is 0 Å². The van der Waals surface area contributed by atoms with Gasteiger partial charge in [-0.15, -0.1) is 10.2 Å². The van der Waals surface area contributed by atoms with Gasteiger partial charge in [-0.2, -0.15) is 5.10 Å². The first-order valence-corrected chi connectivity index (χ1v) is 11.0. The predicted octanol–water partition coefficient (Wildman–Crippen LogP) is 3.30. The van der Waals surface area contributed by atoms with Crippen LogP contribution in [-0.4, -0.2) is 43.3 Å². The lowest BCUT2D eigenvalue weighted by atomic mass is 10.1.